The maximum absolute atomic E-state index is 15.1. The SMILES string of the molecule is CC(=O)O[C@@]12CO[C@@H]1C[C@H](O)[C@@]1(C)C(=O)[C@H](OC(=O)OC(C)(C)C)C3=C(C)[C@@H](O)C[C@@](O)([C@@H](OC(=O)c4ccccc4)[C@H]21)C3(C)C. The molecule has 0 aromatic heterocycles. The van der Waals surface area contributed by atoms with Crippen LogP contribution in [-0.4, -0.2) is 93.1 Å². The van der Waals surface area contributed by atoms with Gasteiger partial charge in [0, 0.05) is 25.2 Å². The van der Waals surface area contributed by atoms with Crippen molar-refractivity contribution in [2.75, 3.05) is 6.61 Å². The Balaban J connectivity index is 1.80. The second kappa shape index (κ2) is 11.1. The predicted molar refractivity (Wildman–Crippen MR) is 160 cm³/mol. The Bertz CT molecular complexity index is 1460. The number of hydrogen-bond donors (Lipinski definition) is 3. The average Bonchev–Trinajstić information content (AvgIpc) is 2.94. The minimum Gasteiger partial charge on any atom is -0.455 e. The Morgan fingerprint density at radius 3 is 2.20 bits per heavy atom. The molecule has 12 nitrogen and oxygen atoms in total. The number of aliphatic hydroxyl groups is 3. The zero-order chi connectivity index (χ0) is 34.2. The second-order valence-corrected chi connectivity index (χ2v) is 14.7. The first-order chi connectivity index (χ1) is 21.2. The quantitative estimate of drug-likeness (QED) is 0.249. The number of Topliss-reactive ketones (excluding diaryl/α,β-unsaturated/α-hetero) is 1. The molecular weight excluding hydrogens is 600 g/mol. The molecule has 3 N–H and O–H groups in total. The lowest BCUT2D eigenvalue weighted by molar-refractivity contribution is -0.345. The van der Waals surface area contributed by atoms with E-state index in [4.69, 9.17) is 23.7 Å². The average molecular weight is 645 g/mol. The van der Waals surface area contributed by atoms with Crippen LogP contribution in [0.4, 0.5) is 4.79 Å². The Hall–Kier alpha value is -3.32. The number of esters is 2. The predicted octanol–water partition coefficient (Wildman–Crippen LogP) is 3.04. The fourth-order valence-electron chi connectivity index (χ4n) is 8.11. The van der Waals surface area contributed by atoms with Gasteiger partial charge in [0.25, 0.3) is 0 Å². The van der Waals surface area contributed by atoms with Crippen LogP contribution in [0.15, 0.2) is 41.5 Å². The molecule has 1 aromatic carbocycles. The van der Waals surface area contributed by atoms with Crippen molar-refractivity contribution in [1.29, 1.82) is 0 Å². The van der Waals surface area contributed by atoms with Crippen LogP contribution in [0.2, 0.25) is 0 Å². The third-order valence-corrected chi connectivity index (χ3v) is 10.5. The Morgan fingerprint density at radius 1 is 1.02 bits per heavy atom. The smallest absolute Gasteiger partial charge is 0.455 e. The van der Waals surface area contributed by atoms with Gasteiger partial charge in [0.05, 0.1) is 35.7 Å². The van der Waals surface area contributed by atoms with Gasteiger partial charge >= 0.3 is 18.1 Å². The molecule has 12 heteroatoms. The van der Waals surface area contributed by atoms with Crippen LogP contribution >= 0.6 is 0 Å². The van der Waals surface area contributed by atoms with Gasteiger partial charge in [-0.15, -0.1) is 0 Å². The van der Waals surface area contributed by atoms with Crippen LogP contribution in [0.25, 0.3) is 0 Å². The van der Waals surface area contributed by atoms with Gasteiger partial charge < -0.3 is 39.0 Å². The van der Waals surface area contributed by atoms with Crippen molar-refractivity contribution in [3.63, 3.8) is 0 Å². The van der Waals surface area contributed by atoms with Gasteiger partial charge in [-0.3, -0.25) is 9.59 Å². The van der Waals surface area contributed by atoms with Crippen molar-refractivity contribution >= 4 is 23.9 Å². The highest BCUT2D eigenvalue weighted by molar-refractivity contribution is 5.95. The Labute approximate surface area is 268 Å². The van der Waals surface area contributed by atoms with Gasteiger partial charge in [0.1, 0.15) is 23.4 Å². The Morgan fingerprint density at radius 2 is 1.65 bits per heavy atom. The lowest BCUT2D eigenvalue weighted by Gasteiger charge is -2.67. The number of carbonyl (C=O) groups excluding carboxylic acids is 4. The maximum atomic E-state index is 15.1. The molecule has 9 atom stereocenters. The van der Waals surface area contributed by atoms with Crippen LogP contribution in [0, 0.1) is 16.7 Å². The molecule has 1 heterocycles. The molecule has 0 amide bonds. The minimum atomic E-state index is -2.17. The first kappa shape index (κ1) is 34.0. The standard InChI is InChI=1S/C34H44O12/c1-17-20(36)15-34(41)27(44-28(39)19-12-10-9-11-13-19)25-32(8,21(37)14-22-33(25,16-42-22)45-18(2)35)26(38)24(23(17)31(34,6)7)43-29(40)46-30(3,4)5/h9-13,20-22,24-25,27,36-37,41H,14-16H2,1-8H3/t20-,21-,22+,24+,25-,27-,32+,33-,34+/m0/s1. The summed E-state index contributed by atoms with van der Waals surface area (Å²) in [6, 6.07) is 8.02. The van der Waals surface area contributed by atoms with Crippen LogP contribution in [-0.2, 0) is 33.3 Å². The summed E-state index contributed by atoms with van der Waals surface area (Å²) in [5, 5.41) is 36.3. The molecule has 0 radical (unpaired) electrons. The molecule has 1 aliphatic heterocycles. The summed E-state index contributed by atoms with van der Waals surface area (Å²) in [4.78, 5) is 54.8. The van der Waals surface area contributed by atoms with Crippen LogP contribution in [0.1, 0.15) is 78.6 Å². The molecule has 0 unspecified atom stereocenters. The van der Waals surface area contributed by atoms with Gasteiger partial charge in [-0.1, -0.05) is 32.0 Å². The van der Waals surface area contributed by atoms with E-state index in [-0.39, 0.29) is 36.2 Å². The first-order valence-corrected chi connectivity index (χ1v) is 15.5. The fourth-order valence-corrected chi connectivity index (χ4v) is 8.11. The van der Waals surface area contributed by atoms with E-state index < -0.39 is 87.9 Å². The molecular formula is C34H44O12. The van der Waals surface area contributed by atoms with Gasteiger partial charge in [0.2, 0.25) is 0 Å². The summed E-state index contributed by atoms with van der Waals surface area (Å²) in [5.41, 5.74) is -7.76. The highest BCUT2D eigenvalue weighted by Gasteiger charge is 2.78. The molecule has 1 saturated heterocycles. The summed E-state index contributed by atoms with van der Waals surface area (Å²) in [7, 11) is 0. The number of rotatable bonds is 4. The molecule has 5 rings (SSSR count). The number of ether oxygens (including phenoxy) is 5. The number of benzene rings is 1. The molecule has 1 aromatic rings. The number of aliphatic hydroxyl groups excluding tert-OH is 2. The second-order valence-electron chi connectivity index (χ2n) is 14.7. The van der Waals surface area contributed by atoms with E-state index in [1.165, 1.54) is 26.0 Å². The lowest BCUT2D eigenvalue weighted by atomic mass is 9.44. The van der Waals surface area contributed by atoms with Crippen LogP contribution in [0.5, 0.6) is 0 Å². The number of hydrogen-bond acceptors (Lipinski definition) is 12. The van der Waals surface area contributed by atoms with Crippen molar-refractivity contribution in [3.05, 3.63) is 47.0 Å². The van der Waals surface area contributed by atoms with Crippen molar-refractivity contribution in [1.82, 2.24) is 0 Å². The van der Waals surface area contributed by atoms with E-state index in [0.29, 0.717) is 0 Å². The highest BCUT2D eigenvalue weighted by Crippen LogP contribution is 2.64. The fraction of sp³-hybridized carbons (Fsp3) is 0.647. The largest absolute Gasteiger partial charge is 0.509 e. The van der Waals surface area contributed by atoms with Gasteiger partial charge in [-0.2, -0.15) is 0 Å². The van der Waals surface area contributed by atoms with Crippen molar-refractivity contribution in [3.8, 4) is 0 Å². The molecule has 3 aliphatic carbocycles. The van der Waals surface area contributed by atoms with E-state index in [1.807, 2.05) is 0 Å². The third kappa shape index (κ3) is 5.04. The molecule has 0 spiro atoms. The number of ketones is 1. The highest BCUT2D eigenvalue weighted by atomic mass is 16.7. The summed E-state index contributed by atoms with van der Waals surface area (Å²) >= 11 is 0. The Kier molecular flexibility index (Phi) is 8.24. The first-order valence-electron chi connectivity index (χ1n) is 15.5. The monoisotopic (exact) mass is 644 g/mol. The van der Waals surface area contributed by atoms with Crippen molar-refractivity contribution < 1.29 is 58.2 Å². The molecule has 3 fully saturated rings. The summed E-state index contributed by atoms with van der Waals surface area (Å²) < 4.78 is 29.2. The van der Waals surface area contributed by atoms with Gasteiger partial charge in [-0.05, 0) is 57.9 Å². The molecule has 2 bridgehead atoms. The van der Waals surface area contributed by atoms with E-state index in [0.717, 1.165) is 0 Å². The number of fused-ring (bicyclic) bond motifs is 5. The molecule has 4 aliphatic rings. The third-order valence-electron chi connectivity index (χ3n) is 10.5. The summed E-state index contributed by atoms with van der Waals surface area (Å²) in [6.07, 6.45) is -8.85. The van der Waals surface area contributed by atoms with E-state index in [2.05, 4.69) is 0 Å². The zero-order valence-corrected chi connectivity index (χ0v) is 27.5. The maximum Gasteiger partial charge on any atom is 0.509 e. The topological polar surface area (TPSA) is 175 Å². The summed E-state index contributed by atoms with van der Waals surface area (Å²) in [6.45, 7) is 12.0. The molecule has 2 saturated carbocycles. The van der Waals surface area contributed by atoms with E-state index >= 15 is 4.79 Å². The van der Waals surface area contributed by atoms with E-state index in [9.17, 15) is 29.7 Å². The van der Waals surface area contributed by atoms with Crippen LogP contribution < -0.4 is 0 Å². The van der Waals surface area contributed by atoms with Crippen molar-refractivity contribution in [2.45, 2.75) is 116 Å². The number of carbonyl (C=O) groups is 4. The van der Waals surface area contributed by atoms with Crippen molar-refractivity contribution in [2.24, 2.45) is 16.7 Å². The zero-order valence-electron chi connectivity index (χ0n) is 27.5. The molecule has 252 valence electrons. The normalized spacial score (nSPS) is 38.2. The van der Waals surface area contributed by atoms with E-state index in [1.54, 1.807) is 59.7 Å². The summed E-state index contributed by atoms with van der Waals surface area (Å²) in [5.74, 6) is -3.79. The van der Waals surface area contributed by atoms with Gasteiger partial charge in [-0.25, -0.2) is 9.59 Å². The molecule has 46 heavy (non-hydrogen) atoms. The lowest BCUT2D eigenvalue weighted by Crippen LogP contribution is -2.81. The van der Waals surface area contributed by atoms with Crippen LogP contribution in [0.3, 0.4) is 0 Å². The van der Waals surface area contributed by atoms with Gasteiger partial charge in [0.15, 0.2) is 17.5 Å². The minimum absolute atomic E-state index is 0.0887.